The Morgan fingerprint density at radius 1 is 1.47 bits per heavy atom. The minimum Gasteiger partial charge on any atom is -0.329 e. The highest BCUT2D eigenvalue weighted by atomic mass is 19.1. The van der Waals surface area contributed by atoms with E-state index in [1.165, 1.54) is 18.9 Å². The van der Waals surface area contributed by atoms with Gasteiger partial charge >= 0.3 is 0 Å². The van der Waals surface area contributed by atoms with Gasteiger partial charge < -0.3 is 5.73 Å². The maximum absolute atomic E-state index is 13.1. The van der Waals surface area contributed by atoms with Gasteiger partial charge in [-0.15, -0.1) is 0 Å². The molecule has 17 heavy (non-hydrogen) atoms. The zero-order valence-corrected chi connectivity index (χ0v) is 10.6. The maximum atomic E-state index is 13.1. The highest BCUT2D eigenvalue weighted by molar-refractivity contribution is 5.17. The van der Waals surface area contributed by atoms with Crippen molar-refractivity contribution < 1.29 is 4.39 Å². The van der Waals surface area contributed by atoms with Crippen LogP contribution in [0, 0.1) is 11.7 Å². The molecule has 0 aromatic heterocycles. The van der Waals surface area contributed by atoms with E-state index in [1.807, 2.05) is 6.07 Å². The average molecular weight is 236 g/mol. The molecule has 1 unspecified atom stereocenters. The van der Waals surface area contributed by atoms with Gasteiger partial charge in [0.15, 0.2) is 0 Å². The first-order valence-corrected chi connectivity index (χ1v) is 6.22. The smallest absolute Gasteiger partial charge is 0.123 e. The first kappa shape index (κ1) is 12.5. The SMILES string of the molecule is CN(Cc1cccc(F)c1)C(C)(CN)C1CC1. The molecule has 0 spiro atoms. The number of halogens is 1. The highest BCUT2D eigenvalue weighted by Crippen LogP contribution is 2.42. The summed E-state index contributed by atoms with van der Waals surface area (Å²) in [5.74, 6) is 0.530. The van der Waals surface area contributed by atoms with Crippen LogP contribution in [-0.2, 0) is 6.54 Å². The van der Waals surface area contributed by atoms with Crippen LogP contribution in [0.4, 0.5) is 4.39 Å². The van der Waals surface area contributed by atoms with Gasteiger partial charge in [0.05, 0.1) is 0 Å². The highest BCUT2D eigenvalue weighted by Gasteiger charge is 2.43. The molecular formula is C14H21FN2. The van der Waals surface area contributed by atoms with Crippen molar-refractivity contribution in [3.05, 3.63) is 35.6 Å². The Bertz CT molecular complexity index is 390. The molecule has 2 N–H and O–H groups in total. The Morgan fingerprint density at radius 2 is 2.18 bits per heavy atom. The van der Waals surface area contributed by atoms with Gasteiger partial charge in [-0.3, -0.25) is 4.90 Å². The lowest BCUT2D eigenvalue weighted by atomic mass is 9.93. The van der Waals surface area contributed by atoms with Crippen molar-refractivity contribution in [1.82, 2.24) is 4.90 Å². The molecule has 0 saturated heterocycles. The summed E-state index contributed by atoms with van der Waals surface area (Å²) < 4.78 is 13.1. The summed E-state index contributed by atoms with van der Waals surface area (Å²) in [5, 5.41) is 0. The zero-order valence-electron chi connectivity index (χ0n) is 10.6. The van der Waals surface area contributed by atoms with Crippen molar-refractivity contribution >= 4 is 0 Å². The second-order valence-electron chi connectivity index (χ2n) is 5.32. The van der Waals surface area contributed by atoms with Crippen LogP contribution >= 0.6 is 0 Å². The van der Waals surface area contributed by atoms with E-state index in [1.54, 1.807) is 12.1 Å². The van der Waals surface area contributed by atoms with Crippen LogP contribution < -0.4 is 5.73 Å². The Kier molecular flexibility index (Phi) is 3.50. The summed E-state index contributed by atoms with van der Waals surface area (Å²) in [6.07, 6.45) is 2.53. The average Bonchev–Trinajstić information content (AvgIpc) is 3.12. The molecule has 1 aromatic rings. The van der Waals surface area contributed by atoms with E-state index in [4.69, 9.17) is 5.73 Å². The number of nitrogens with two attached hydrogens (primary N) is 1. The lowest BCUT2D eigenvalue weighted by Gasteiger charge is -2.38. The number of likely N-dealkylation sites (N-methyl/N-ethyl adjacent to an activating group) is 1. The third-order valence-electron chi connectivity index (χ3n) is 4.05. The fourth-order valence-electron chi connectivity index (χ4n) is 2.43. The molecular weight excluding hydrogens is 215 g/mol. The van der Waals surface area contributed by atoms with E-state index < -0.39 is 0 Å². The van der Waals surface area contributed by atoms with Crippen molar-refractivity contribution in [3.8, 4) is 0 Å². The molecule has 1 aliphatic rings. The molecule has 0 bridgehead atoms. The molecule has 1 atom stereocenters. The van der Waals surface area contributed by atoms with Gasteiger partial charge in [0.25, 0.3) is 0 Å². The second kappa shape index (κ2) is 4.75. The van der Waals surface area contributed by atoms with Crippen LogP contribution in [0.5, 0.6) is 0 Å². The minimum absolute atomic E-state index is 0.0479. The van der Waals surface area contributed by atoms with E-state index >= 15 is 0 Å². The lowest BCUT2D eigenvalue weighted by Crippen LogP contribution is -2.51. The van der Waals surface area contributed by atoms with Gasteiger partial charge in [0, 0.05) is 18.6 Å². The normalized spacial score (nSPS) is 19.4. The largest absolute Gasteiger partial charge is 0.329 e. The zero-order chi connectivity index (χ0) is 12.5. The molecule has 1 fully saturated rings. The molecule has 0 radical (unpaired) electrons. The van der Waals surface area contributed by atoms with Crippen LogP contribution in [0.3, 0.4) is 0 Å². The van der Waals surface area contributed by atoms with E-state index in [9.17, 15) is 4.39 Å². The van der Waals surface area contributed by atoms with Gasteiger partial charge in [-0.2, -0.15) is 0 Å². The minimum atomic E-state index is -0.170. The summed E-state index contributed by atoms with van der Waals surface area (Å²) in [5.41, 5.74) is 6.97. The van der Waals surface area contributed by atoms with Crippen LogP contribution in [0.15, 0.2) is 24.3 Å². The van der Waals surface area contributed by atoms with Crippen molar-refractivity contribution in [2.45, 2.75) is 31.8 Å². The standard InChI is InChI=1S/C14H21FN2/c1-14(10-16,12-6-7-12)17(2)9-11-4-3-5-13(15)8-11/h3-5,8,12H,6-7,9-10,16H2,1-2H3. The van der Waals surface area contributed by atoms with E-state index in [0.717, 1.165) is 12.1 Å². The Balaban J connectivity index is 2.07. The quantitative estimate of drug-likeness (QED) is 0.850. The van der Waals surface area contributed by atoms with Crippen molar-refractivity contribution in [2.75, 3.05) is 13.6 Å². The second-order valence-corrected chi connectivity index (χ2v) is 5.32. The first-order valence-electron chi connectivity index (χ1n) is 6.22. The fraction of sp³-hybridized carbons (Fsp3) is 0.571. The molecule has 2 nitrogen and oxygen atoms in total. The summed E-state index contributed by atoms with van der Waals surface area (Å²) in [6.45, 7) is 3.62. The summed E-state index contributed by atoms with van der Waals surface area (Å²) in [7, 11) is 2.08. The fourth-order valence-corrected chi connectivity index (χ4v) is 2.43. The van der Waals surface area contributed by atoms with E-state index in [0.29, 0.717) is 12.5 Å². The Morgan fingerprint density at radius 3 is 2.71 bits per heavy atom. The molecule has 1 aromatic carbocycles. The number of hydrogen-bond donors (Lipinski definition) is 1. The molecule has 0 aliphatic heterocycles. The van der Waals surface area contributed by atoms with Gasteiger partial charge in [-0.1, -0.05) is 12.1 Å². The number of nitrogens with zero attached hydrogens (tertiary/aromatic N) is 1. The van der Waals surface area contributed by atoms with Crippen molar-refractivity contribution in [1.29, 1.82) is 0 Å². The molecule has 2 rings (SSSR count). The lowest BCUT2D eigenvalue weighted by molar-refractivity contribution is 0.112. The van der Waals surface area contributed by atoms with Crippen LogP contribution in [0.2, 0.25) is 0 Å². The summed E-state index contributed by atoms with van der Waals surface area (Å²) in [4.78, 5) is 2.26. The maximum Gasteiger partial charge on any atom is 0.123 e. The first-order chi connectivity index (χ1) is 8.06. The third-order valence-corrected chi connectivity index (χ3v) is 4.05. The molecule has 94 valence electrons. The molecule has 1 aliphatic carbocycles. The van der Waals surface area contributed by atoms with Gasteiger partial charge in [-0.25, -0.2) is 4.39 Å². The Hall–Kier alpha value is -0.930. The predicted octanol–water partition coefficient (Wildman–Crippen LogP) is 2.38. The molecule has 3 heteroatoms. The topological polar surface area (TPSA) is 29.3 Å². The molecule has 1 saturated carbocycles. The van der Waals surface area contributed by atoms with Crippen LogP contribution in [0.1, 0.15) is 25.3 Å². The molecule has 0 amide bonds. The van der Waals surface area contributed by atoms with Crippen molar-refractivity contribution in [3.63, 3.8) is 0 Å². The summed E-state index contributed by atoms with van der Waals surface area (Å²) in [6, 6.07) is 6.80. The number of hydrogen-bond acceptors (Lipinski definition) is 2. The van der Waals surface area contributed by atoms with Gasteiger partial charge in [0.1, 0.15) is 5.82 Å². The van der Waals surface area contributed by atoms with E-state index in [2.05, 4.69) is 18.9 Å². The number of benzene rings is 1. The van der Waals surface area contributed by atoms with Crippen molar-refractivity contribution in [2.24, 2.45) is 11.7 Å². The Labute approximate surface area is 103 Å². The third kappa shape index (κ3) is 2.67. The predicted molar refractivity (Wildman–Crippen MR) is 68.1 cm³/mol. The van der Waals surface area contributed by atoms with Gasteiger partial charge in [0.2, 0.25) is 0 Å². The van der Waals surface area contributed by atoms with Crippen LogP contribution in [-0.4, -0.2) is 24.0 Å². The van der Waals surface area contributed by atoms with E-state index in [-0.39, 0.29) is 11.4 Å². The molecule has 0 heterocycles. The summed E-state index contributed by atoms with van der Waals surface area (Å²) >= 11 is 0. The van der Waals surface area contributed by atoms with Gasteiger partial charge in [-0.05, 0) is 50.4 Å². The number of rotatable bonds is 5. The van der Waals surface area contributed by atoms with Crippen LogP contribution in [0.25, 0.3) is 0 Å². The monoisotopic (exact) mass is 236 g/mol.